The van der Waals surface area contributed by atoms with Crippen molar-refractivity contribution in [1.82, 2.24) is 5.32 Å². The van der Waals surface area contributed by atoms with Gasteiger partial charge in [0.1, 0.15) is 5.76 Å². The van der Waals surface area contributed by atoms with E-state index in [0.717, 1.165) is 33.7 Å². The summed E-state index contributed by atoms with van der Waals surface area (Å²) >= 11 is 0. The Balaban J connectivity index is 1.84. The number of hydrogen-bond donors (Lipinski definition) is 3. The minimum Gasteiger partial charge on any atom is -0.481 e. The molecule has 3 aromatic rings. The summed E-state index contributed by atoms with van der Waals surface area (Å²) in [6.45, 7) is 10.9. The first kappa shape index (κ1) is 24.8. The van der Waals surface area contributed by atoms with E-state index in [0.29, 0.717) is 12.1 Å². The molecule has 0 fully saturated rings. The van der Waals surface area contributed by atoms with Crippen molar-refractivity contribution < 1.29 is 19.1 Å². The van der Waals surface area contributed by atoms with Crippen LogP contribution in [0, 0.1) is 27.7 Å². The van der Waals surface area contributed by atoms with Crippen LogP contribution >= 0.6 is 0 Å². The van der Waals surface area contributed by atoms with Gasteiger partial charge in [0.2, 0.25) is 5.91 Å². The Kier molecular flexibility index (Phi) is 7.95. The Morgan fingerprint density at radius 2 is 1.62 bits per heavy atom. The summed E-state index contributed by atoms with van der Waals surface area (Å²) in [5.74, 6) is -0.301. The Morgan fingerprint density at radius 1 is 0.971 bits per heavy atom. The quantitative estimate of drug-likeness (QED) is 0.352. The highest BCUT2D eigenvalue weighted by Gasteiger charge is 2.16. The second-order valence-electron chi connectivity index (χ2n) is 8.53. The van der Waals surface area contributed by atoms with Crippen LogP contribution in [-0.2, 0) is 16.1 Å². The summed E-state index contributed by atoms with van der Waals surface area (Å²) in [6.07, 6.45) is 3.47. The molecule has 1 heterocycles. The predicted octanol–water partition coefficient (Wildman–Crippen LogP) is 5.79. The van der Waals surface area contributed by atoms with E-state index in [9.17, 15) is 9.59 Å². The van der Waals surface area contributed by atoms with E-state index < -0.39 is 5.97 Å². The van der Waals surface area contributed by atoms with Gasteiger partial charge in [0.05, 0.1) is 19.2 Å². The average Bonchev–Trinajstić information content (AvgIpc) is 3.33. The number of anilines is 1. The Morgan fingerprint density at radius 3 is 2.18 bits per heavy atom. The van der Waals surface area contributed by atoms with Gasteiger partial charge in [0, 0.05) is 17.8 Å². The minimum atomic E-state index is -0.934. The van der Waals surface area contributed by atoms with Gasteiger partial charge in [-0.15, -0.1) is 0 Å². The first-order valence-electron chi connectivity index (χ1n) is 11.3. The summed E-state index contributed by atoms with van der Waals surface area (Å²) in [5, 5.41) is 14.8. The first-order chi connectivity index (χ1) is 16.2. The van der Waals surface area contributed by atoms with E-state index in [2.05, 4.69) is 62.6 Å². The van der Waals surface area contributed by atoms with E-state index in [4.69, 9.17) is 9.52 Å². The number of furan rings is 1. The molecule has 0 saturated carbocycles. The van der Waals surface area contributed by atoms with Crippen LogP contribution in [-0.4, -0.2) is 23.5 Å². The highest BCUT2D eigenvalue weighted by atomic mass is 16.4. The highest BCUT2D eigenvalue weighted by molar-refractivity contribution is 5.98. The Labute approximate surface area is 200 Å². The summed E-state index contributed by atoms with van der Waals surface area (Å²) in [4.78, 5) is 23.1. The normalized spacial score (nSPS) is 11.4. The van der Waals surface area contributed by atoms with Crippen LogP contribution in [0.5, 0.6) is 0 Å². The molecule has 0 unspecified atom stereocenters. The van der Waals surface area contributed by atoms with Gasteiger partial charge >= 0.3 is 5.97 Å². The van der Waals surface area contributed by atoms with E-state index in [-0.39, 0.29) is 18.9 Å². The van der Waals surface area contributed by atoms with Crippen LogP contribution in [0.2, 0.25) is 0 Å². The summed E-state index contributed by atoms with van der Waals surface area (Å²) < 4.78 is 5.37. The molecule has 34 heavy (non-hydrogen) atoms. The molecular weight excluding hydrogens is 428 g/mol. The molecule has 0 atom stereocenters. The third-order valence-electron chi connectivity index (χ3n) is 6.25. The van der Waals surface area contributed by atoms with Crippen LogP contribution in [0.25, 0.3) is 17.2 Å². The molecular formula is C28H32N2O4. The van der Waals surface area contributed by atoms with Crippen molar-refractivity contribution in [1.29, 1.82) is 0 Å². The number of hydrogen-bond acceptors (Lipinski definition) is 4. The van der Waals surface area contributed by atoms with Gasteiger partial charge in [-0.05, 0) is 104 Å². The van der Waals surface area contributed by atoms with Crippen molar-refractivity contribution in [2.75, 3.05) is 11.9 Å². The molecule has 178 valence electrons. The molecule has 0 aliphatic heterocycles. The Hall–Kier alpha value is -3.80. The maximum absolute atomic E-state index is 12.4. The van der Waals surface area contributed by atoms with Crippen molar-refractivity contribution in [2.45, 2.75) is 47.6 Å². The SMILES string of the molecule is CC(=Cc1c(C)c(C)c(-c2ccc(NCc3ccco3)cc2)c(C)c1C)C(=O)NCCC(=O)O. The van der Waals surface area contributed by atoms with Gasteiger partial charge in [0.15, 0.2) is 0 Å². The molecule has 6 heteroatoms. The molecule has 0 aliphatic rings. The molecule has 2 aromatic carbocycles. The molecule has 0 bridgehead atoms. The number of amides is 1. The molecule has 1 amide bonds. The maximum atomic E-state index is 12.4. The molecule has 3 N–H and O–H groups in total. The number of carbonyl (C=O) groups is 2. The van der Waals surface area contributed by atoms with Gasteiger partial charge < -0.3 is 20.2 Å². The number of carboxylic acids is 1. The fourth-order valence-electron chi connectivity index (χ4n) is 4.05. The van der Waals surface area contributed by atoms with Crippen molar-refractivity contribution in [2.24, 2.45) is 0 Å². The van der Waals surface area contributed by atoms with Crippen molar-refractivity contribution in [3.05, 3.63) is 81.8 Å². The lowest BCUT2D eigenvalue weighted by atomic mass is 9.85. The van der Waals surface area contributed by atoms with Crippen LogP contribution < -0.4 is 10.6 Å². The van der Waals surface area contributed by atoms with Crippen LogP contribution in [0.4, 0.5) is 5.69 Å². The number of rotatable bonds is 9. The number of carboxylic acid groups (broad SMARTS) is 1. The second kappa shape index (κ2) is 10.9. The zero-order chi connectivity index (χ0) is 24.8. The zero-order valence-corrected chi connectivity index (χ0v) is 20.4. The highest BCUT2D eigenvalue weighted by Crippen LogP contribution is 2.35. The second-order valence-corrected chi connectivity index (χ2v) is 8.53. The van der Waals surface area contributed by atoms with Crippen molar-refractivity contribution in [3.8, 4) is 11.1 Å². The summed E-state index contributed by atoms with van der Waals surface area (Å²) in [6, 6.07) is 12.2. The third-order valence-corrected chi connectivity index (χ3v) is 6.25. The molecule has 1 aromatic heterocycles. The Bertz CT molecular complexity index is 1180. The summed E-state index contributed by atoms with van der Waals surface area (Å²) in [7, 11) is 0. The van der Waals surface area contributed by atoms with Crippen LogP contribution in [0.1, 0.15) is 46.9 Å². The number of nitrogens with one attached hydrogen (secondary N) is 2. The minimum absolute atomic E-state index is 0.0961. The van der Waals surface area contributed by atoms with Gasteiger partial charge in [-0.3, -0.25) is 9.59 Å². The maximum Gasteiger partial charge on any atom is 0.305 e. The number of aliphatic carboxylic acids is 1. The first-order valence-corrected chi connectivity index (χ1v) is 11.3. The predicted molar refractivity (Wildman–Crippen MR) is 136 cm³/mol. The molecule has 6 nitrogen and oxygen atoms in total. The molecule has 0 spiro atoms. The van der Waals surface area contributed by atoms with E-state index >= 15 is 0 Å². The number of carbonyl (C=O) groups excluding carboxylic acids is 1. The molecule has 0 radical (unpaired) electrons. The van der Waals surface area contributed by atoms with Crippen molar-refractivity contribution in [3.63, 3.8) is 0 Å². The molecule has 0 saturated heterocycles. The molecule has 0 aliphatic carbocycles. The van der Waals surface area contributed by atoms with Gasteiger partial charge in [-0.1, -0.05) is 12.1 Å². The van der Waals surface area contributed by atoms with Crippen LogP contribution in [0.3, 0.4) is 0 Å². The van der Waals surface area contributed by atoms with Crippen LogP contribution in [0.15, 0.2) is 52.7 Å². The lowest BCUT2D eigenvalue weighted by molar-refractivity contribution is -0.136. The lowest BCUT2D eigenvalue weighted by Gasteiger charge is -2.20. The zero-order valence-electron chi connectivity index (χ0n) is 20.4. The summed E-state index contributed by atoms with van der Waals surface area (Å²) in [5.41, 5.74) is 9.53. The smallest absolute Gasteiger partial charge is 0.305 e. The van der Waals surface area contributed by atoms with Gasteiger partial charge in [0.25, 0.3) is 0 Å². The van der Waals surface area contributed by atoms with E-state index in [1.165, 1.54) is 16.7 Å². The fourth-order valence-corrected chi connectivity index (χ4v) is 4.05. The average molecular weight is 461 g/mol. The van der Waals surface area contributed by atoms with E-state index in [1.54, 1.807) is 13.2 Å². The van der Waals surface area contributed by atoms with Gasteiger partial charge in [-0.25, -0.2) is 0 Å². The number of benzene rings is 2. The molecule has 3 rings (SSSR count). The van der Waals surface area contributed by atoms with Gasteiger partial charge in [-0.2, -0.15) is 0 Å². The van der Waals surface area contributed by atoms with Crippen molar-refractivity contribution >= 4 is 23.6 Å². The largest absolute Gasteiger partial charge is 0.481 e. The fraction of sp³-hybridized carbons (Fsp3) is 0.286. The standard InChI is InChI=1S/C28H32N2O4/c1-17(28(33)29-13-12-26(31)32)15-25-18(2)20(4)27(21(5)19(25)3)22-8-10-23(11-9-22)30-16-24-7-6-14-34-24/h6-11,14-15,30H,12-13,16H2,1-5H3,(H,29,33)(H,31,32). The topological polar surface area (TPSA) is 91.6 Å². The lowest BCUT2D eigenvalue weighted by Crippen LogP contribution is -2.26. The van der Waals surface area contributed by atoms with E-state index in [1.807, 2.05) is 18.2 Å². The third kappa shape index (κ3) is 5.76. The monoisotopic (exact) mass is 460 g/mol.